The smallest absolute Gasteiger partial charge is 0.268 e. The first-order valence-corrected chi connectivity index (χ1v) is 13.1. The minimum atomic E-state index is -3.43. The summed E-state index contributed by atoms with van der Waals surface area (Å²) in [4.78, 5) is 21.9. The predicted octanol–water partition coefficient (Wildman–Crippen LogP) is 1.57. The monoisotopic (exact) mass is 489 g/mol. The first-order chi connectivity index (χ1) is 16.1. The van der Waals surface area contributed by atoms with E-state index in [2.05, 4.69) is 21.2 Å². The molecule has 2 aromatic heterocycles. The van der Waals surface area contributed by atoms with Crippen molar-refractivity contribution in [1.29, 1.82) is 0 Å². The number of anilines is 1. The van der Waals surface area contributed by atoms with Gasteiger partial charge in [0.1, 0.15) is 11.8 Å². The molecule has 182 valence electrons. The topological polar surface area (TPSA) is 117 Å². The summed E-state index contributed by atoms with van der Waals surface area (Å²) in [6.07, 6.45) is 9.09. The fourth-order valence-electron chi connectivity index (χ4n) is 5.13. The number of piperidine rings is 1. The number of hydrogen-bond acceptors (Lipinski definition) is 7. The summed E-state index contributed by atoms with van der Waals surface area (Å²) >= 11 is 0. The number of terminal acetylenes is 1. The van der Waals surface area contributed by atoms with Crippen molar-refractivity contribution in [3.63, 3.8) is 0 Å². The van der Waals surface area contributed by atoms with Gasteiger partial charge in [-0.1, -0.05) is 5.92 Å². The second-order valence-electron chi connectivity index (χ2n) is 9.77. The maximum Gasteiger partial charge on any atom is 0.268 e. The number of halogens is 1. The van der Waals surface area contributed by atoms with E-state index in [1.165, 1.54) is 15.1 Å². The van der Waals surface area contributed by atoms with Gasteiger partial charge in [-0.2, -0.15) is 9.29 Å². The van der Waals surface area contributed by atoms with E-state index in [4.69, 9.17) is 6.42 Å². The first-order valence-electron chi connectivity index (χ1n) is 11.6. The highest BCUT2D eigenvalue weighted by molar-refractivity contribution is 7.90. The molecule has 9 nitrogen and oxygen atoms in total. The van der Waals surface area contributed by atoms with Crippen molar-refractivity contribution in [2.75, 3.05) is 18.4 Å². The number of pyridine rings is 1. The SMILES string of the molecule is C#Cc1cc2cnc(N[C@@H]3CCN(S(=O)(=O)C4CC4)C[C@@H]3F)nc2n([C@@H]2CCC[C@@]2(C)O)c1=O. The summed E-state index contributed by atoms with van der Waals surface area (Å²) in [6.45, 7) is 1.72. The Morgan fingerprint density at radius 3 is 2.71 bits per heavy atom. The molecular weight excluding hydrogens is 461 g/mol. The van der Waals surface area contributed by atoms with E-state index in [-0.39, 0.29) is 36.3 Å². The van der Waals surface area contributed by atoms with Crippen molar-refractivity contribution >= 4 is 27.0 Å². The number of fused-ring (bicyclic) bond motifs is 1. The molecule has 1 aliphatic heterocycles. The maximum absolute atomic E-state index is 15.0. The molecular formula is C23H28FN5O4S. The molecule has 2 aromatic rings. The third kappa shape index (κ3) is 3.97. The van der Waals surface area contributed by atoms with Crippen molar-refractivity contribution in [1.82, 2.24) is 18.8 Å². The number of hydrogen-bond donors (Lipinski definition) is 2. The summed E-state index contributed by atoms with van der Waals surface area (Å²) in [5, 5.41) is 14.0. The van der Waals surface area contributed by atoms with E-state index in [0.29, 0.717) is 36.7 Å². The van der Waals surface area contributed by atoms with E-state index in [9.17, 15) is 22.7 Å². The van der Waals surface area contributed by atoms with E-state index in [1.807, 2.05) is 0 Å². The van der Waals surface area contributed by atoms with Gasteiger partial charge in [0.05, 0.1) is 28.5 Å². The van der Waals surface area contributed by atoms with Crippen LogP contribution in [-0.4, -0.2) is 68.5 Å². The Balaban J connectivity index is 1.45. The normalized spacial score (nSPS) is 30.4. The minimum Gasteiger partial charge on any atom is -0.388 e. The summed E-state index contributed by atoms with van der Waals surface area (Å²) < 4.78 is 42.6. The summed E-state index contributed by atoms with van der Waals surface area (Å²) in [5.74, 6) is 2.54. The minimum absolute atomic E-state index is 0.137. The van der Waals surface area contributed by atoms with Gasteiger partial charge >= 0.3 is 0 Å². The van der Waals surface area contributed by atoms with E-state index in [0.717, 1.165) is 6.42 Å². The molecule has 1 saturated heterocycles. The van der Waals surface area contributed by atoms with Gasteiger partial charge in [0.15, 0.2) is 0 Å². The van der Waals surface area contributed by atoms with Crippen LogP contribution < -0.4 is 10.9 Å². The molecule has 0 amide bonds. The molecule has 5 rings (SSSR count). The number of aromatic nitrogens is 3. The lowest BCUT2D eigenvalue weighted by Crippen LogP contribution is -2.50. The standard InChI is InChI=1S/C23H28FN5O4S/c1-3-14-11-15-12-25-22(27-20(15)29(21(14)30)19-5-4-9-23(19,2)31)26-18-8-10-28(13-17(18)24)34(32,33)16-6-7-16/h1,11-12,16-19,31H,4-10,13H2,2H3,(H,25,26,27)/t17-,18+,19+,23+/m0/s1. The molecule has 34 heavy (non-hydrogen) atoms. The zero-order valence-corrected chi connectivity index (χ0v) is 19.8. The van der Waals surface area contributed by atoms with Gasteiger partial charge in [-0.05, 0) is 51.5 Å². The number of aliphatic hydroxyl groups is 1. The first kappa shape index (κ1) is 23.2. The van der Waals surface area contributed by atoms with Crippen molar-refractivity contribution in [3.8, 4) is 12.3 Å². The average Bonchev–Trinajstić information content (AvgIpc) is 3.59. The molecule has 2 N–H and O–H groups in total. The van der Waals surface area contributed by atoms with Crippen LogP contribution in [-0.2, 0) is 10.0 Å². The van der Waals surface area contributed by atoms with Crippen molar-refractivity contribution in [2.24, 2.45) is 0 Å². The number of rotatable bonds is 5. The third-order valence-corrected chi connectivity index (χ3v) is 9.61. The number of nitrogens with one attached hydrogen (secondary N) is 1. The molecule has 11 heteroatoms. The van der Waals surface area contributed by atoms with Crippen molar-refractivity contribution in [2.45, 2.75) is 74.6 Å². The van der Waals surface area contributed by atoms with Crippen molar-refractivity contribution < 1.29 is 17.9 Å². The summed E-state index contributed by atoms with van der Waals surface area (Å²) in [7, 11) is -3.43. The molecule has 0 unspecified atom stereocenters. The fraction of sp³-hybridized carbons (Fsp3) is 0.609. The lowest BCUT2D eigenvalue weighted by atomic mass is 9.99. The van der Waals surface area contributed by atoms with Gasteiger partial charge < -0.3 is 10.4 Å². The van der Waals surface area contributed by atoms with Crippen LogP contribution in [0.25, 0.3) is 11.0 Å². The molecule has 2 saturated carbocycles. The largest absolute Gasteiger partial charge is 0.388 e. The molecule has 0 spiro atoms. The quantitative estimate of drug-likeness (QED) is 0.612. The Morgan fingerprint density at radius 2 is 2.09 bits per heavy atom. The highest BCUT2D eigenvalue weighted by Crippen LogP contribution is 2.39. The second kappa shape index (κ2) is 8.29. The molecule has 4 atom stereocenters. The Morgan fingerprint density at radius 1 is 1.32 bits per heavy atom. The fourth-order valence-corrected chi connectivity index (χ4v) is 7.00. The maximum atomic E-state index is 15.0. The van der Waals surface area contributed by atoms with Crippen LogP contribution >= 0.6 is 0 Å². The van der Waals surface area contributed by atoms with Gasteiger partial charge in [0.25, 0.3) is 5.56 Å². The zero-order valence-electron chi connectivity index (χ0n) is 18.9. The number of alkyl halides is 1. The Bertz CT molecular complexity index is 1330. The van der Waals surface area contributed by atoms with Crippen LogP contribution in [0.2, 0.25) is 0 Å². The van der Waals surface area contributed by atoms with Gasteiger partial charge in [-0.15, -0.1) is 6.42 Å². The highest BCUT2D eigenvalue weighted by atomic mass is 32.2. The van der Waals surface area contributed by atoms with Crippen LogP contribution in [0, 0.1) is 12.3 Å². The summed E-state index contributed by atoms with van der Waals surface area (Å²) in [6, 6.07) is 0.382. The molecule has 2 aliphatic carbocycles. The Kier molecular flexibility index (Phi) is 5.66. The summed E-state index contributed by atoms with van der Waals surface area (Å²) in [5.41, 5.74) is -1.02. The van der Waals surface area contributed by atoms with Crippen LogP contribution in [0.1, 0.15) is 57.1 Å². The Hall–Kier alpha value is -2.55. The number of sulfonamides is 1. The van der Waals surface area contributed by atoms with Gasteiger partial charge in [-0.3, -0.25) is 9.36 Å². The van der Waals surface area contributed by atoms with Gasteiger partial charge in [-0.25, -0.2) is 17.8 Å². The molecule has 3 heterocycles. The predicted molar refractivity (Wildman–Crippen MR) is 126 cm³/mol. The molecule has 3 fully saturated rings. The van der Waals surface area contributed by atoms with Gasteiger partial charge in [0.2, 0.25) is 16.0 Å². The van der Waals surface area contributed by atoms with E-state index in [1.54, 1.807) is 13.0 Å². The van der Waals surface area contributed by atoms with Crippen LogP contribution in [0.15, 0.2) is 17.1 Å². The van der Waals surface area contributed by atoms with Crippen LogP contribution in [0.3, 0.4) is 0 Å². The molecule has 0 aromatic carbocycles. The van der Waals surface area contributed by atoms with E-state index < -0.39 is 39.4 Å². The molecule has 0 bridgehead atoms. The number of nitrogens with zero attached hydrogens (tertiary/aromatic N) is 4. The highest BCUT2D eigenvalue weighted by Gasteiger charge is 2.44. The lowest BCUT2D eigenvalue weighted by molar-refractivity contribution is 0.0266. The zero-order chi connectivity index (χ0) is 24.3. The van der Waals surface area contributed by atoms with Crippen LogP contribution in [0.4, 0.5) is 10.3 Å². The lowest BCUT2D eigenvalue weighted by Gasteiger charge is -2.34. The van der Waals surface area contributed by atoms with Gasteiger partial charge in [0, 0.05) is 24.7 Å². The molecule has 0 radical (unpaired) electrons. The van der Waals surface area contributed by atoms with Crippen molar-refractivity contribution in [3.05, 3.63) is 28.2 Å². The van der Waals surface area contributed by atoms with Crippen LogP contribution in [0.5, 0.6) is 0 Å². The second-order valence-corrected chi connectivity index (χ2v) is 12.0. The average molecular weight is 490 g/mol. The molecule has 3 aliphatic rings. The van der Waals surface area contributed by atoms with E-state index >= 15 is 0 Å². The third-order valence-electron chi connectivity index (χ3n) is 7.24. The Labute approximate surface area is 197 Å².